The first-order valence-corrected chi connectivity index (χ1v) is 7.94. The van der Waals surface area contributed by atoms with E-state index >= 15 is 0 Å². The Morgan fingerprint density at radius 2 is 1.95 bits per heavy atom. The van der Waals surface area contributed by atoms with E-state index in [2.05, 4.69) is 31.4 Å². The molecule has 2 aromatic heterocycles. The first-order valence-electron chi connectivity index (χ1n) is 7.94. The molecule has 0 bridgehead atoms. The molecule has 0 amide bonds. The molecule has 3 heterocycles. The molecule has 21 heavy (non-hydrogen) atoms. The Balaban J connectivity index is 1.50. The van der Waals surface area contributed by atoms with Gasteiger partial charge in [-0.15, -0.1) is 10.2 Å². The Bertz CT molecular complexity index is 676. The number of aryl methyl sites for hydroxylation is 1. The van der Waals surface area contributed by atoms with Crippen LogP contribution in [0, 0.1) is 11.8 Å². The topological polar surface area (TPSA) is 60.6 Å². The monoisotopic (exact) mass is 284 g/mol. The van der Waals surface area contributed by atoms with Crippen molar-refractivity contribution in [1.82, 2.24) is 29.9 Å². The van der Waals surface area contributed by atoms with Crippen LogP contribution in [0.25, 0.3) is 0 Å². The zero-order valence-electron chi connectivity index (χ0n) is 12.2. The highest BCUT2D eigenvalue weighted by molar-refractivity contribution is 5.23. The summed E-state index contributed by atoms with van der Waals surface area (Å²) in [5.41, 5.74) is 1.17. The molecule has 3 unspecified atom stereocenters. The van der Waals surface area contributed by atoms with Crippen LogP contribution in [0.1, 0.15) is 48.4 Å². The summed E-state index contributed by atoms with van der Waals surface area (Å²) in [6, 6.07) is 0.129. The lowest BCUT2D eigenvalue weighted by molar-refractivity contribution is 0.433. The second kappa shape index (κ2) is 4.16. The number of aromatic nitrogens is 5. The predicted molar refractivity (Wildman–Crippen MR) is 76.6 cm³/mol. The molecule has 3 aliphatic rings. The van der Waals surface area contributed by atoms with Gasteiger partial charge in [-0.1, -0.05) is 0 Å². The maximum absolute atomic E-state index is 4.56. The van der Waals surface area contributed by atoms with Gasteiger partial charge in [-0.3, -0.25) is 4.68 Å². The fourth-order valence-corrected chi connectivity index (χ4v) is 4.27. The van der Waals surface area contributed by atoms with Gasteiger partial charge in [0.15, 0.2) is 5.82 Å². The fraction of sp³-hybridized carbons (Fsp3) is 0.667. The number of rotatable bonds is 2. The van der Waals surface area contributed by atoms with Gasteiger partial charge in [-0.2, -0.15) is 5.10 Å². The Labute approximate surface area is 123 Å². The Morgan fingerprint density at radius 3 is 2.71 bits per heavy atom. The minimum atomic E-state index is 0.129. The lowest BCUT2D eigenvalue weighted by Crippen LogP contribution is -2.35. The quantitative estimate of drug-likeness (QED) is 0.900. The second-order valence-corrected chi connectivity index (χ2v) is 6.83. The second-order valence-electron chi connectivity index (χ2n) is 6.83. The molecule has 2 aromatic rings. The summed E-state index contributed by atoms with van der Waals surface area (Å²) in [5.74, 6) is 4.90. The van der Waals surface area contributed by atoms with Gasteiger partial charge in [-0.05, 0) is 31.1 Å². The minimum absolute atomic E-state index is 0.129. The molecule has 2 saturated carbocycles. The molecule has 5 rings (SSSR count). The van der Waals surface area contributed by atoms with Gasteiger partial charge >= 0.3 is 0 Å². The Kier molecular flexibility index (Phi) is 2.36. The van der Waals surface area contributed by atoms with E-state index in [4.69, 9.17) is 0 Å². The molecule has 6 nitrogen and oxygen atoms in total. The van der Waals surface area contributed by atoms with Crippen molar-refractivity contribution >= 4 is 0 Å². The third-order valence-electron chi connectivity index (χ3n) is 5.42. The van der Waals surface area contributed by atoms with Crippen LogP contribution in [-0.4, -0.2) is 31.1 Å². The molecule has 0 saturated heterocycles. The summed E-state index contributed by atoms with van der Waals surface area (Å²) in [6.07, 6.45) is 8.10. The molecule has 2 fully saturated rings. The molecular weight excluding hydrogens is 264 g/mol. The number of nitrogens with one attached hydrogen (secondary N) is 1. The highest BCUT2D eigenvalue weighted by Crippen LogP contribution is 2.57. The van der Waals surface area contributed by atoms with Crippen molar-refractivity contribution in [3.63, 3.8) is 0 Å². The third-order valence-corrected chi connectivity index (χ3v) is 5.42. The Morgan fingerprint density at radius 1 is 1.14 bits per heavy atom. The first-order chi connectivity index (χ1) is 10.3. The smallest absolute Gasteiger partial charge is 0.154 e. The minimum Gasteiger partial charge on any atom is -0.312 e. The standard InChI is InChI=1S/C15H20N6/c1-20-8-12(7-17-20)13-15-19-18-14(21(15)3-2-16-13)11-5-9-4-10(9)6-11/h7-11,13,16H,2-6H2,1H3. The van der Waals surface area contributed by atoms with E-state index in [0.29, 0.717) is 5.92 Å². The van der Waals surface area contributed by atoms with Gasteiger partial charge in [0.2, 0.25) is 0 Å². The average Bonchev–Trinajstić information content (AvgIpc) is 2.91. The van der Waals surface area contributed by atoms with E-state index in [9.17, 15) is 0 Å². The normalized spacial score (nSPS) is 33.8. The van der Waals surface area contributed by atoms with Gasteiger partial charge < -0.3 is 9.88 Å². The van der Waals surface area contributed by atoms with Crippen LogP contribution in [0.15, 0.2) is 12.4 Å². The molecule has 0 radical (unpaired) electrons. The van der Waals surface area contributed by atoms with Crippen LogP contribution in [0.4, 0.5) is 0 Å². The molecule has 3 atom stereocenters. The van der Waals surface area contributed by atoms with E-state index in [1.54, 1.807) is 0 Å². The largest absolute Gasteiger partial charge is 0.312 e. The van der Waals surface area contributed by atoms with E-state index in [0.717, 1.165) is 30.7 Å². The maximum atomic E-state index is 4.56. The van der Waals surface area contributed by atoms with Crippen molar-refractivity contribution in [2.75, 3.05) is 6.54 Å². The number of hydrogen-bond donors (Lipinski definition) is 1. The van der Waals surface area contributed by atoms with Gasteiger partial charge in [-0.25, -0.2) is 0 Å². The summed E-state index contributed by atoms with van der Waals surface area (Å²) in [5, 5.41) is 16.9. The highest BCUT2D eigenvalue weighted by Gasteiger charge is 2.48. The third kappa shape index (κ3) is 1.78. The van der Waals surface area contributed by atoms with Crippen molar-refractivity contribution < 1.29 is 0 Å². The van der Waals surface area contributed by atoms with Crippen LogP contribution >= 0.6 is 0 Å². The molecule has 1 aliphatic heterocycles. The summed E-state index contributed by atoms with van der Waals surface area (Å²) in [6.45, 7) is 1.96. The number of nitrogens with zero attached hydrogens (tertiary/aromatic N) is 5. The van der Waals surface area contributed by atoms with Gasteiger partial charge in [0.1, 0.15) is 5.82 Å². The molecule has 0 spiro atoms. The van der Waals surface area contributed by atoms with Gasteiger partial charge in [0, 0.05) is 37.8 Å². The average molecular weight is 284 g/mol. The summed E-state index contributed by atoms with van der Waals surface area (Å²) >= 11 is 0. The molecule has 2 aliphatic carbocycles. The first kappa shape index (κ1) is 11.9. The van der Waals surface area contributed by atoms with E-state index in [-0.39, 0.29) is 6.04 Å². The van der Waals surface area contributed by atoms with E-state index < -0.39 is 0 Å². The summed E-state index contributed by atoms with van der Waals surface area (Å²) in [4.78, 5) is 0. The SMILES string of the molecule is Cn1cc(C2NCCn3c(C4CC5CC5C4)nnc32)cn1. The van der Waals surface area contributed by atoms with Crippen molar-refractivity contribution in [2.24, 2.45) is 18.9 Å². The Hall–Kier alpha value is -1.69. The van der Waals surface area contributed by atoms with Crippen molar-refractivity contribution in [2.45, 2.75) is 37.8 Å². The van der Waals surface area contributed by atoms with E-state index in [1.165, 1.54) is 30.7 Å². The van der Waals surface area contributed by atoms with Crippen molar-refractivity contribution in [3.05, 3.63) is 29.6 Å². The van der Waals surface area contributed by atoms with Crippen LogP contribution in [0.5, 0.6) is 0 Å². The summed E-state index contributed by atoms with van der Waals surface area (Å²) in [7, 11) is 1.95. The predicted octanol–water partition coefficient (Wildman–Crippen LogP) is 1.22. The summed E-state index contributed by atoms with van der Waals surface area (Å²) < 4.78 is 4.21. The van der Waals surface area contributed by atoms with Gasteiger partial charge in [0.05, 0.1) is 12.2 Å². The number of hydrogen-bond acceptors (Lipinski definition) is 4. The molecule has 110 valence electrons. The molecule has 6 heteroatoms. The maximum Gasteiger partial charge on any atom is 0.154 e. The lowest BCUT2D eigenvalue weighted by Gasteiger charge is -2.25. The number of fused-ring (bicyclic) bond motifs is 2. The van der Waals surface area contributed by atoms with E-state index in [1.807, 2.05) is 17.9 Å². The molecular formula is C15H20N6. The van der Waals surface area contributed by atoms with Crippen LogP contribution < -0.4 is 5.32 Å². The van der Waals surface area contributed by atoms with Gasteiger partial charge in [0.25, 0.3) is 0 Å². The van der Waals surface area contributed by atoms with Crippen LogP contribution in [0.2, 0.25) is 0 Å². The van der Waals surface area contributed by atoms with Crippen molar-refractivity contribution in [3.8, 4) is 0 Å². The van der Waals surface area contributed by atoms with Crippen molar-refractivity contribution in [1.29, 1.82) is 0 Å². The fourth-order valence-electron chi connectivity index (χ4n) is 4.27. The lowest BCUT2D eigenvalue weighted by atomic mass is 10.0. The van der Waals surface area contributed by atoms with Crippen LogP contribution in [-0.2, 0) is 13.6 Å². The highest BCUT2D eigenvalue weighted by atomic mass is 15.3. The zero-order valence-corrected chi connectivity index (χ0v) is 12.2. The zero-order chi connectivity index (χ0) is 14.0. The molecule has 1 N–H and O–H groups in total. The molecule has 0 aromatic carbocycles. The van der Waals surface area contributed by atoms with Crippen LogP contribution in [0.3, 0.4) is 0 Å².